The second-order valence-electron chi connectivity index (χ2n) is 8.63. The van der Waals surface area contributed by atoms with E-state index in [1.54, 1.807) is 24.7 Å². The summed E-state index contributed by atoms with van der Waals surface area (Å²) >= 11 is 0. The van der Waals surface area contributed by atoms with Crippen molar-refractivity contribution in [3.63, 3.8) is 0 Å². The lowest BCUT2D eigenvalue weighted by Gasteiger charge is -2.25. The van der Waals surface area contributed by atoms with Crippen LogP contribution < -0.4 is 0 Å². The van der Waals surface area contributed by atoms with Gasteiger partial charge in [-0.1, -0.05) is 24.3 Å². The molecule has 1 aliphatic rings. The van der Waals surface area contributed by atoms with E-state index in [4.69, 9.17) is 0 Å². The third kappa shape index (κ3) is 4.73. The van der Waals surface area contributed by atoms with Crippen LogP contribution >= 0.6 is 0 Å². The molecular weight excluding hydrogens is 412 g/mol. The van der Waals surface area contributed by atoms with E-state index in [-0.39, 0.29) is 5.91 Å². The predicted octanol–water partition coefficient (Wildman–Crippen LogP) is 3.33. The molecule has 0 aliphatic carbocycles. The van der Waals surface area contributed by atoms with Gasteiger partial charge in [-0.2, -0.15) is 0 Å². The van der Waals surface area contributed by atoms with Crippen molar-refractivity contribution in [3.05, 3.63) is 84.7 Å². The maximum Gasteiger partial charge on any atom is 0.254 e. The van der Waals surface area contributed by atoms with E-state index in [2.05, 4.69) is 56.1 Å². The van der Waals surface area contributed by atoms with Gasteiger partial charge in [0.15, 0.2) is 0 Å². The summed E-state index contributed by atoms with van der Waals surface area (Å²) in [5, 5.41) is 1.15. The van der Waals surface area contributed by atoms with E-state index in [9.17, 15) is 4.79 Å². The molecule has 1 saturated heterocycles. The molecule has 1 unspecified atom stereocenters. The number of benzene rings is 1. The number of carbonyl (C=O) groups excluding carboxylic acids is 1. The van der Waals surface area contributed by atoms with Gasteiger partial charge in [-0.25, -0.2) is 9.97 Å². The van der Waals surface area contributed by atoms with Crippen molar-refractivity contribution in [1.82, 2.24) is 29.7 Å². The highest BCUT2D eigenvalue weighted by Gasteiger charge is 2.26. The lowest BCUT2D eigenvalue weighted by Crippen LogP contribution is -2.36. The van der Waals surface area contributed by atoms with Gasteiger partial charge in [-0.3, -0.25) is 14.8 Å². The number of rotatable bonds is 4. The number of carbonyl (C=O) groups is 1. The highest BCUT2D eigenvalue weighted by Crippen LogP contribution is 2.23. The SMILES string of the molecule is CN1CCN(C(=O)c2ccnc(-c3cncnc3)c2)CC(Cc2cccc3cccnc23)C1. The van der Waals surface area contributed by atoms with Crippen molar-refractivity contribution in [2.45, 2.75) is 6.42 Å². The molecule has 5 rings (SSSR count). The van der Waals surface area contributed by atoms with Crippen LogP contribution in [0.1, 0.15) is 15.9 Å². The standard InChI is InChI=1S/C26H26N6O/c1-31-10-11-32(26(33)22-7-9-29-24(13-22)23-14-27-18-28-15-23)17-19(16-31)12-21-5-2-4-20-6-3-8-30-25(20)21/h2-9,13-15,18-19H,10-12,16-17H2,1H3. The average molecular weight is 439 g/mol. The van der Waals surface area contributed by atoms with Gasteiger partial charge in [0.25, 0.3) is 5.91 Å². The van der Waals surface area contributed by atoms with Crippen LogP contribution in [0.4, 0.5) is 0 Å². The van der Waals surface area contributed by atoms with E-state index < -0.39 is 0 Å². The van der Waals surface area contributed by atoms with Gasteiger partial charge in [0.2, 0.25) is 0 Å². The smallest absolute Gasteiger partial charge is 0.254 e. The molecule has 1 atom stereocenters. The fourth-order valence-corrected chi connectivity index (χ4v) is 4.58. The molecule has 33 heavy (non-hydrogen) atoms. The largest absolute Gasteiger partial charge is 0.337 e. The fraction of sp³-hybridized carbons (Fsp3) is 0.269. The van der Waals surface area contributed by atoms with Crippen molar-refractivity contribution in [3.8, 4) is 11.3 Å². The first kappa shape index (κ1) is 21.2. The summed E-state index contributed by atoms with van der Waals surface area (Å²) in [4.78, 5) is 34.9. The van der Waals surface area contributed by atoms with Crippen molar-refractivity contribution in [2.75, 3.05) is 33.2 Å². The third-order valence-electron chi connectivity index (χ3n) is 6.18. The molecular formula is C26H26N6O. The minimum Gasteiger partial charge on any atom is -0.337 e. The van der Waals surface area contributed by atoms with E-state index in [0.717, 1.165) is 36.0 Å². The minimum absolute atomic E-state index is 0.0341. The molecule has 166 valence electrons. The number of likely N-dealkylation sites (N-methyl/N-ethyl adjacent to an activating group) is 1. The van der Waals surface area contributed by atoms with Crippen molar-refractivity contribution >= 4 is 16.8 Å². The lowest BCUT2D eigenvalue weighted by molar-refractivity contribution is 0.0746. The van der Waals surface area contributed by atoms with Gasteiger partial charge in [0.1, 0.15) is 6.33 Å². The number of amides is 1. The topological polar surface area (TPSA) is 75.1 Å². The van der Waals surface area contributed by atoms with Gasteiger partial charge >= 0.3 is 0 Å². The summed E-state index contributed by atoms with van der Waals surface area (Å²) in [6, 6.07) is 14.0. The second kappa shape index (κ2) is 9.42. The number of para-hydroxylation sites is 1. The molecule has 1 aliphatic heterocycles. The number of hydrogen-bond acceptors (Lipinski definition) is 6. The van der Waals surface area contributed by atoms with Crippen LogP contribution in [-0.2, 0) is 6.42 Å². The van der Waals surface area contributed by atoms with Crippen molar-refractivity contribution in [2.24, 2.45) is 5.92 Å². The Balaban J connectivity index is 1.38. The van der Waals surface area contributed by atoms with Gasteiger partial charge in [-0.05, 0) is 43.1 Å². The van der Waals surface area contributed by atoms with Crippen LogP contribution in [0.15, 0.2) is 73.6 Å². The monoisotopic (exact) mass is 438 g/mol. The Kier molecular flexibility index (Phi) is 6.04. The Morgan fingerprint density at radius 1 is 1.00 bits per heavy atom. The molecule has 3 aromatic heterocycles. The molecule has 4 heterocycles. The molecule has 0 radical (unpaired) electrons. The molecule has 0 bridgehead atoms. The highest BCUT2D eigenvalue weighted by molar-refractivity contribution is 5.95. The Labute approximate surface area is 193 Å². The van der Waals surface area contributed by atoms with Crippen LogP contribution in [-0.4, -0.2) is 68.9 Å². The third-order valence-corrected chi connectivity index (χ3v) is 6.18. The first-order valence-corrected chi connectivity index (χ1v) is 11.2. The molecule has 1 fully saturated rings. The zero-order valence-corrected chi connectivity index (χ0v) is 18.6. The zero-order valence-electron chi connectivity index (χ0n) is 18.6. The van der Waals surface area contributed by atoms with Crippen LogP contribution in [0.5, 0.6) is 0 Å². The second-order valence-corrected chi connectivity index (χ2v) is 8.63. The summed E-state index contributed by atoms with van der Waals surface area (Å²) in [6.45, 7) is 3.20. The maximum atomic E-state index is 13.5. The summed E-state index contributed by atoms with van der Waals surface area (Å²) in [5.41, 5.74) is 4.42. The van der Waals surface area contributed by atoms with Gasteiger partial charge in [0, 0.05) is 67.5 Å². The zero-order chi connectivity index (χ0) is 22.6. The molecule has 0 spiro atoms. The lowest BCUT2D eigenvalue weighted by atomic mass is 9.96. The molecule has 7 nitrogen and oxygen atoms in total. The molecule has 0 saturated carbocycles. The molecule has 1 aromatic carbocycles. The Hall–Kier alpha value is -3.71. The van der Waals surface area contributed by atoms with E-state index in [0.29, 0.717) is 30.3 Å². The number of nitrogens with zero attached hydrogens (tertiary/aromatic N) is 6. The van der Waals surface area contributed by atoms with Crippen LogP contribution in [0.3, 0.4) is 0 Å². The maximum absolute atomic E-state index is 13.5. The Morgan fingerprint density at radius 2 is 1.85 bits per heavy atom. The van der Waals surface area contributed by atoms with E-state index in [1.807, 2.05) is 23.2 Å². The highest BCUT2D eigenvalue weighted by atomic mass is 16.2. The Morgan fingerprint density at radius 3 is 2.73 bits per heavy atom. The minimum atomic E-state index is 0.0341. The van der Waals surface area contributed by atoms with Crippen LogP contribution in [0.25, 0.3) is 22.2 Å². The summed E-state index contributed by atoms with van der Waals surface area (Å²) < 4.78 is 0. The van der Waals surface area contributed by atoms with Crippen LogP contribution in [0, 0.1) is 5.92 Å². The van der Waals surface area contributed by atoms with Crippen molar-refractivity contribution < 1.29 is 4.79 Å². The molecule has 7 heteroatoms. The molecule has 1 amide bonds. The van der Waals surface area contributed by atoms with Crippen molar-refractivity contribution in [1.29, 1.82) is 0 Å². The van der Waals surface area contributed by atoms with E-state index in [1.165, 1.54) is 11.9 Å². The Bertz CT molecular complexity index is 1260. The number of fused-ring (bicyclic) bond motifs is 1. The summed E-state index contributed by atoms with van der Waals surface area (Å²) in [6.07, 6.45) is 9.30. The van der Waals surface area contributed by atoms with Gasteiger partial charge in [-0.15, -0.1) is 0 Å². The number of aromatic nitrogens is 4. The van der Waals surface area contributed by atoms with Crippen LogP contribution in [0.2, 0.25) is 0 Å². The number of hydrogen-bond donors (Lipinski definition) is 0. The quantitative estimate of drug-likeness (QED) is 0.487. The summed E-state index contributed by atoms with van der Waals surface area (Å²) in [7, 11) is 2.13. The predicted molar refractivity (Wildman–Crippen MR) is 128 cm³/mol. The normalized spacial score (nSPS) is 17.1. The molecule has 0 N–H and O–H groups in total. The van der Waals surface area contributed by atoms with E-state index >= 15 is 0 Å². The first-order valence-electron chi connectivity index (χ1n) is 11.2. The number of pyridine rings is 2. The first-order chi connectivity index (χ1) is 16.2. The fourth-order valence-electron chi connectivity index (χ4n) is 4.58. The molecule has 4 aromatic rings. The van der Waals surface area contributed by atoms with Gasteiger partial charge < -0.3 is 9.80 Å². The summed E-state index contributed by atoms with van der Waals surface area (Å²) in [5.74, 6) is 0.352. The average Bonchev–Trinajstić information content (AvgIpc) is 3.05. The van der Waals surface area contributed by atoms with Gasteiger partial charge in [0.05, 0.1) is 11.2 Å².